The molecule has 0 radical (unpaired) electrons. The number of carboxylic acids is 1. The van der Waals surface area contributed by atoms with Crippen LogP contribution in [-0.2, 0) is 0 Å². The Bertz CT molecular complexity index is 640. The number of hydrogen-bond acceptors (Lipinski definition) is 2. The molecule has 2 aromatic rings. The molecule has 0 unspecified atom stereocenters. The summed E-state index contributed by atoms with van der Waals surface area (Å²) in [6.45, 7) is 8.00. The number of methoxy groups -OCH3 is 1. The smallest absolute Gasteiger partial charge is 0.339 e. The van der Waals surface area contributed by atoms with Gasteiger partial charge in [-0.3, -0.25) is 0 Å². The number of aromatic carboxylic acids is 1. The van der Waals surface area contributed by atoms with E-state index in [-0.39, 0.29) is 16.9 Å². The van der Waals surface area contributed by atoms with Crippen molar-refractivity contribution in [1.29, 1.82) is 0 Å². The molecule has 0 saturated heterocycles. The van der Waals surface area contributed by atoms with Crippen molar-refractivity contribution in [3.8, 4) is 16.9 Å². The van der Waals surface area contributed by atoms with Gasteiger partial charge in [0, 0.05) is 11.6 Å². The summed E-state index contributed by atoms with van der Waals surface area (Å²) in [5.74, 6) is -2.44. The second-order valence-electron chi connectivity index (χ2n) is 3.84. The molecule has 0 fully saturated rings. The zero-order valence-electron chi connectivity index (χ0n) is 14.0. The summed E-state index contributed by atoms with van der Waals surface area (Å²) >= 11 is 0. The third-order valence-electron chi connectivity index (χ3n) is 2.67. The first-order chi connectivity index (χ1) is 11.0. The molecule has 0 atom stereocenters. The molecule has 0 amide bonds. The molecule has 0 aliphatic carbocycles. The van der Waals surface area contributed by atoms with Crippen LogP contribution in [0.3, 0.4) is 0 Å². The van der Waals surface area contributed by atoms with E-state index >= 15 is 0 Å². The number of benzene rings is 2. The molecule has 126 valence electrons. The van der Waals surface area contributed by atoms with Gasteiger partial charge in [-0.25, -0.2) is 13.6 Å². The van der Waals surface area contributed by atoms with E-state index in [1.165, 1.54) is 31.4 Å². The van der Waals surface area contributed by atoms with Crippen LogP contribution in [0.1, 0.15) is 38.1 Å². The molecule has 5 heteroatoms. The second kappa shape index (κ2) is 10.3. The summed E-state index contributed by atoms with van der Waals surface area (Å²) < 4.78 is 31.4. The van der Waals surface area contributed by atoms with Gasteiger partial charge in [-0.1, -0.05) is 33.8 Å². The third kappa shape index (κ3) is 5.36. The van der Waals surface area contributed by atoms with Gasteiger partial charge in [0.15, 0.2) is 0 Å². The van der Waals surface area contributed by atoms with E-state index in [1.54, 1.807) is 0 Å². The Balaban J connectivity index is 0.00000112. The lowest BCUT2D eigenvalue weighted by Crippen LogP contribution is -2.01. The molecule has 2 rings (SSSR count). The van der Waals surface area contributed by atoms with E-state index in [0.29, 0.717) is 5.56 Å². The molecule has 0 spiro atoms. The number of rotatable bonds is 3. The van der Waals surface area contributed by atoms with Crippen LogP contribution in [0.25, 0.3) is 11.1 Å². The van der Waals surface area contributed by atoms with Crippen molar-refractivity contribution in [1.82, 2.24) is 0 Å². The SMILES string of the molecule is CC.CC.COc1ccc(-c2ccc(F)cc2F)cc1C(=O)O. The predicted molar refractivity (Wildman–Crippen MR) is 88.0 cm³/mol. The summed E-state index contributed by atoms with van der Waals surface area (Å²) in [6.07, 6.45) is 0. The van der Waals surface area contributed by atoms with Gasteiger partial charge in [0.1, 0.15) is 22.9 Å². The summed E-state index contributed by atoms with van der Waals surface area (Å²) in [6, 6.07) is 7.36. The minimum atomic E-state index is -1.18. The molecule has 0 aliphatic heterocycles. The van der Waals surface area contributed by atoms with Crippen molar-refractivity contribution in [3.05, 3.63) is 53.6 Å². The summed E-state index contributed by atoms with van der Waals surface area (Å²) in [4.78, 5) is 11.1. The van der Waals surface area contributed by atoms with Gasteiger partial charge in [-0.05, 0) is 29.8 Å². The molecule has 0 aliphatic rings. The largest absolute Gasteiger partial charge is 0.496 e. The Hall–Kier alpha value is -2.43. The lowest BCUT2D eigenvalue weighted by Gasteiger charge is -2.08. The van der Waals surface area contributed by atoms with Crippen molar-refractivity contribution in [2.24, 2.45) is 0 Å². The standard InChI is InChI=1S/C14H10F2O3.2C2H6/c1-19-13-5-2-8(6-11(13)14(17)18)10-4-3-9(15)7-12(10)16;2*1-2/h2-7H,1H3,(H,17,18);2*1-2H3. The van der Waals surface area contributed by atoms with Crippen molar-refractivity contribution in [2.45, 2.75) is 27.7 Å². The number of ether oxygens (including phenoxy) is 1. The fraction of sp³-hybridized carbons (Fsp3) is 0.278. The Labute approximate surface area is 135 Å². The normalized spacial score (nSPS) is 9.00. The van der Waals surface area contributed by atoms with Gasteiger partial charge in [0.25, 0.3) is 0 Å². The maximum atomic E-state index is 13.6. The molecular formula is C18H22F2O3. The molecule has 3 nitrogen and oxygen atoms in total. The van der Waals surface area contributed by atoms with Crippen LogP contribution in [0, 0.1) is 11.6 Å². The van der Waals surface area contributed by atoms with Gasteiger partial charge in [-0.15, -0.1) is 0 Å². The number of carbonyl (C=O) groups is 1. The Morgan fingerprint density at radius 3 is 2.09 bits per heavy atom. The van der Waals surface area contributed by atoms with Gasteiger partial charge in [-0.2, -0.15) is 0 Å². The molecule has 0 saturated carbocycles. The summed E-state index contributed by atoms with van der Waals surface area (Å²) in [7, 11) is 1.35. The molecule has 0 bridgehead atoms. The lowest BCUT2D eigenvalue weighted by molar-refractivity contribution is 0.0693. The van der Waals surface area contributed by atoms with Gasteiger partial charge < -0.3 is 9.84 Å². The Morgan fingerprint density at radius 2 is 1.61 bits per heavy atom. The highest BCUT2D eigenvalue weighted by molar-refractivity contribution is 5.92. The fourth-order valence-corrected chi connectivity index (χ4v) is 1.77. The maximum Gasteiger partial charge on any atom is 0.339 e. The van der Waals surface area contributed by atoms with Crippen LogP contribution in [-0.4, -0.2) is 18.2 Å². The Morgan fingerprint density at radius 1 is 1.00 bits per heavy atom. The molecule has 1 N–H and O–H groups in total. The highest BCUT2D eigenvalue weighted by Gasteiger charge is 2.14. The molecule has 0 heterocycles. The average molecular weight is 324 g/mol. The monoisotopic (exact) mass is 324 g/mol. The van der Waals surface area contributed by atoms with Crippen LogP contribution in [0.5, 0.6) is 5.75 Å². The topological polar surface area (TPSA) is 46.5 Å². The van der Waals surface area contributed by atoms with E-state index in [9.17, 15) is 13.6 Å². The van der Waals surface area contributed by atoms with Crippen LogP contribution in [0.2, 0.25) is 0 Å². The van der Waals surface area contributed by atoms with E-state index in [4.69, 9.17) is 9.84 Å². The van der Waals surface area contributed by atoms with Crippen LogP contribution >= 0.6 is 0 Å². The quantitative estimate of drug-likeness (QED) is 0.823. The molecule has 2 aromatic carbocycles. The molecule has 0 aromatic heterocycles. The zero-order valence-corrected chi connectivity index (χ0v) is 14.0. The minimum Gasteiger partial charge on any atom is -0.496 e. The number of carboxylic acid groups (broad SMARTS) is 1. The molecule has 23 heavy (non-hydrogen) atoms. The van der Waals surface area contributed by atoms with Gasteiger partial charge in [0.05, 0.1) is 7.11 Å². The second-order valence-corrected chi connectivity index (χ2v) is 3.84. The van der Waals surface area contributed by atoms with E-state index in [2.05, 4.69) is 0 Å². The van der Waals surface area contributed by atoms with E-state index in [0.717, 1.165) is 12.1 Å². The third-order valence-corrected chi connectivity index (χ3v) is 2.67. The zero-order chi connectivity index (χ0) is 18.0. The average Bonchev–Trinajstić information content (AvgIpc) is 2.58. The minimum absolute atomic E-state index is 0.0799. The van der Waals surface area contributed by atoms with Crippen LogP contribution < -0.4 is 4.74 Å². The number of halogens is 2. The van der Waals surface area contributed by atoms with E-state index in [1.807, 2.05) is 27.7 Å². The first kappa shape index (κ1) is 20.6. The lowest BCUT2D eigenvalue weighted by atomic mass is 10.0. The van der Waals surface area contributed by atoms with Crippen LogP contribution in [0.4, 0.5) is 8.78 Å². The maximum absolute atomic E-state index is 13.6. The Kier molecular flexibility index (Phi) is 9.23. The first-order valence-corrected chi connectivity index (χ1v) is 7.39. The van der Waals surface area contributed by atoms with Crippen molar-refractivity contribution < 1.29 is 23.4 Å². The highest BCUT2D eigenvalue weighted by atomic mass is 19.1. The summed E-state index contributed by atoms with van der Waals surface area (Å²) in [5.41, 5.74) is 0.394. The van der Waals surface area contributed by atoms with Crippen molar-refractivity contribution >= 4 is 5.97 Å². The van der Waals surface area contributed by atoms with Crippen molar-refractivity contribution in [3.63, 3.8) is 0 Å². The number of hydrogen-bond donors (Lipinski definition) is 1. The predicted octanol–water partition coefficient (Wildman–Crippen LogP) is 5.39. The van der Waals surface area contributed by atoms with Crippen LogP contribution in [0.15, 0.2) is 36.4 Å². The molecular weight excluding hydrogens is 302 g/mol. The highest BCUT2D eigenvalue weighted by Crippen LogP contribution is 2.28. The fourth-order valence-electron chi connectivity index (χ4n) is 1.77. The van der Waals surface area contributed by atoms with Crippen molar-refractivity contribution in [2.75, 3.05) is 7.11 Å². The first-order valence-electron chi connectivity index (χ1n) is 7.39. The van der Waals surface area contributed by atoms with Gasteiger partial charge in [0.2, 0.25) is 0 Å². The van der Waals surface area contributed by atoms with Gasteiger partial charge >= 0.3 is 5.97 Å². The summed E-state index contributed by atoms with van der Waals surface area (Å²) in [5, 5.41) is 9.05. The van der Waals surface area contributed by atoms with E-state index < -0.39 is 17.6 Å².